The summed E-state index contributed by atoms with van der Waals surface area (Å²) in [7, 11) is 0. The second kappa shape index (κ2) is 8.41. The van der Waals surface area contributed by atoms with E-state index in [-0.39, 0.29) is 0 Å². The third-order valence-electron chi connectivity index (χ3n) is 3.72. The molecule has 0 heterocycles. The molecule has 0 aromatic carbocycles. The van der Waals surface area contributed by atoms with Gasteiger partial charge in [-0.3, -0.25) is 0 Å². The monoisotopic (exact) mass is 243 g/mol. The normalized spacial score (nSPS) is 29.8. The highest BCUT2D eigenvalue weighted by Crippen LogP contribution is 2.35. The van der Waals surface area contributed by atoms with Crippen LogP contribution in [0.4, 0.5) is 0 Å². The van der Waals surface area contributed by atoms with Crippen LogP contribution in [-0.2, 0) is 0 Å². The minimum atomic E-state index is 0.795. The van der Waals surface area contributed by atoms with Crippen molar-refractivity contribution in [2.24, 2.45) is 5.92 Å². The number of rotatable bonds is 8. The lowest BCUT2D eigenvalue weighted by molar-refractivity contribution is 0.431. The van der Waals surface area contributed by atoms with Crippen molar-refractivity contribution in [3.63, 3.8) is 0 Å². The van der Waals surface area contributed by atoms with Crippen molar-refractivity contribution in [2.75, 3.05) is 12.3 Å². The van der Waals surface area contributed by atoms with E-state index in [1.54, 1.807) is 0 Å². The molecule has 0 aromatic heterocycles. The lowest BCUT2D eigenvalue weighted by Crippen LogP contribution is -2.33. The molecule has 1 rings (SSSR count). The van der Waals surface area contributed by atoms with Crippen LogP contribution in [0, 0.1) is 5.92 Å². The van der Waals surface area contributed by atoms with Gasteiger partial charge in [0, 0.05) is 11.3 Å². The Kier molecular flexibility index (Phi) is 7.55. The van der Waals surface area contributed by atoms with E-state index in [1.165, 1.54) is 50.8 Å². The first kappa shape index (κ1) is 14.4. The Morgan fingerprint density at radius 1 is 1.12 bits per heavy atom. The summed E-state index contributed by atoms with van der Waals surface area (Å²) in [6.45, 7) is 8.18. The first-order valence-electron chi connectivity index (χ1n) is 7.14. The van der Waals surface area contributed by atoms with Crippen molar-refractivity contribution in [1.29, 1.82) is 0 Å². The molecule has 0 aliphatic heterocycles. The van der Waals surface area contributed by atoms with Crippen molar-refractivity contribution in [3.8, 4) is 0 Å². The smallest absolute Gasteiger partial charge is 0.0104 e. The summed E-state index contributed by atoms with van der Waals surface area (Å²) in [6, 6.07) is 0.795. The van der Waals surface area contributed by atoms with Gasteiger partial charge in [-0.25, -0.2) is 0 Å². The van der Waals surface area contributed by atoms with E-state index in [0.29, 0.717) is 0 Å². The molecular formula is C14H29NS. The molecule has 1 nitrogen and oxygen atoms in total. The standard InChI is InChI=1S/C14H29NS/c1-4-6-7-11-16-14-9-8-13(12(14)3)15-10-5-2/h12-15H,4-11H2,1-3H3. The average molecular weight is 243 g/mol. The summed E-state index contributed by atoms with van der Waals surface area (Å²) < 4.78 is 0. The first-order valence-corrected chi connectivity index (χ1v) is 8.19. The number of hydrogen-bond acceptors (Lipinski definition) is 2. The van der Waals surface area contributed by atoms with Gasteiger partial charge in [0.1, 0.15) is 0 Å². The maximum atomic E-state index is 3.70. The average Bonchev–Trinajstić information content (AvgIpc) is 2.64. The molecule has 0 spiro atoms. The Hall–Kier alpha value is 0.310. The molecule has 16 heavy (non-hydrogen) atoms. The number of unbranched alkanes of at least 4 members (excludes halogenated alkanes) is 2. The van der Waals surface area contributed by atoms with Crippen LogP contribution >= 0.6 is 11.8 Å². The SMILES string of the molecule is CCCCCSC1CCC(NCCC)C1C. The van der Waals surface area contributed by atoms with Gasteiger partial charge >= 0.3 is 0 Å². The largest absolute Gasteiger partial charge is 0.314 e. The van der Waals surface area contributed by atoms with Crippen molar-refractivity contribution in [3.05, 3.63) is 0 Å². The van der Waals surface area contributed by atoms with Crippen LogP contribution in [0.3, 0.4) is 0 Å². The number of nitrogens with one attached hydrogen (secondary N) is 1. The fraction of sp³-hybridized carbons (Fsp3) is 1.00. The molecule has 2 heteroatoms. The van der Waals surface area contributed by atoms with E-state index in [9.17, 15) is 0 Å². The van der Waals surface area contributed by atoms with E-state index in [4.69, 9.17) is 0 Å². The van der Waals surface area contributed by atoms with Gasteiger partial charge in [-0.15, -0.1) is 0 Å². The lowest BCUT2D eigenvalue weighted by atomic mass is 10.1. The van der Waals surface area contributed by atoms with Gasteiger partial charge in [-0.1, -0.05) is 33.6 Å². The summed E-state index contributed by atoms with van der Waals surface area (Å²) in [6.07, 6.45) is 8.26. The minimum absolute atomic E-state index is 0.795. The van der Waals surface area contributed by atoms with Crippen LogP contribution < -0.4 is 5.32 Å². The summed E-state index contributed by atoms with van der Waals surface area (Å²) in [5.41, 5.74) is 0. The second-order valence-corrected chi connectivity index (χ2v) is 6.46. The van der Waals surface area contributed by atoms with Crippen LogP contribution in [0.15, 0.2) is 0 Å². The molecule has 1 fully saturated rings. The fourth-order valence-corrected chi connectivity index (χ4v) is 4.04. The lowest BCUT2D eigenvalue weighted by Gasteiger charge is -2.21. The topological polar surface area (TPSA) is 12.0 Å². The predicted octanol–water partition coefficient (Wildman–Crippen LogP) is 4.08. The molecule has 1 aliphatic rings. The Balaban J connectivity index is 2.14. The molecular weight excluding hydrogens is 214 g/mol. The van der Waals surface area contributed by atoms with Crippen LogP contribution in [0.2, 0.25) is 0 Å². The van der Waals surface area contributed by atoms with Gasteiger partial charge in [0.25, 0.3) is 0 Å². The van der Waals surface area contributed by atoms with E-state index in [0.717, 1.165) is 17.2 Å². The fourth-order valence-electron chi connectivity index (χ4n) is 2.57. The second-order valence-electron chi connectivity index (χ2n) is 5.11. The van der Waals surface area contributed by atoms with Crippen LogP contribution in [0.1, 0.15) is 59.3 Å². The van der Waals surface area contributed by atoms with Crippen molar-refractivity contribution in [2.45, 2.75) is 70.6 Å². The van der Waals surface area contributed by atoms with E-state index in [1.807, 2.05) is 0 Å². The van der Waals surface area contributed by atoms with Crippen LogP contribution in [-0.4, -0.2) is 23.6 Å². The van der Waals surface area contributed by atoms with Gasteiger partial charge in [-0.2, -0.15) is 11.8 Å². The van der Waals surface area contributed by atoms with Gasteiger partial charge < -0.3 is 5.32 Å². The van der Waals surface area contributed by atoms with Gasteiger partial charge in [0.15, 0.2) is 0 Å². The third kappa shape index (κ3) is 4.67. The predicted molar refractivity (Wildman–Crippen MR) is 76.3 cm³/mol. The summed E-state index contributed by atoms with van der Waals surface area (Å²) in [5.74, 6) is 2.25. The molecule has 0 amide bonds. The Morgan fingerprint density at radius 2 is 1.94 bits per heavy atom. The molecule has 0 bridgehead atoms. The molecule has 0 radical (unpaired) electrons. The van der Waals surface area contributed by atoms with Gasteiger partial charge in [0.05, 0.1) is 0 Å². The quantitative estimate of drug-likeness (QED) is 0.645. The zero-order chi connectivity index (χ0) is 11.8. The van der Waals surface area contributed by atoms with E-state index >= 15 is 0 Å². The van der Waals surface area contributed by atoms with E-state index < -0.39 is 0 Å². The Labute approximate surface area is 106 Å². The molecule has 3 atom stereocenters. The Bertz CT molecular complexity index is 172. The molecule has 1 aliphatic carbocycles. The highest BCUT2D eigenvalue weighted by molar-refractivity contribution is 7.99. The Morgan fingerprint density at radius 3 is 2.62 bits per heavy atom. The van der Waals surface area contributed by atoms with E-state index in [2.05, 4.69) is 37.8 Å². The third-order valence-corrected chi connectivity index (χ3v) is 5.34. The van der Waals surface area contributed by atoms with Crippen molar-refractivity contribution in [1.82, 2.24) is 5.32 Å². The zero-order valence-corrected chi connectivity index (χ0v) is 12.1. The van der Waals surface area contributed by atoms with Crippen LogP contribution in [0.5, 0.6) is 0 Å². The van der Waals surface area contributed by atoms with Crippen molar-refractivity contribution < 1.29 is 0 Å². The summed E-state index contributed by atoms with van der Waals surface area (Å²) in [4.78, 5) is 0. The molecule has 0 aromatic rings. The molecule has 0 saturated heterocycles. The highest BCUT2D eigenvalue weighted by atomic mass is 32.2. The van der Waals surface area contributed by atoms with Crippen molar-refractivity contribution >= 4 is 11.8 Å². The molecule has 3 unspecified atom stereocenters. The maximum Gasteiger partial charge on any atom is 0.0104 e. The maximum absolute atomic E-state index is 3.70. The summed E-state index contributed by atoms with van der Waals surface area (Å²) in [5, 5.41) is 4.62. The highest BCUT2D eigenvalue weighted by Gasteiger charge is 2.32. The zero-order valence-electron chi connectivity index (χ0n) is 11.3. The molecule has 1 saturated carbocycles. The van der Waals surface area contributed by atoms with Gasteiger partial charge in [-0.05, 0) is 43.9 Å². The van der Waals surface area contributed by atoms with Crippen LogP contribution in [0.25, 0.3) is 0 Å². The number of thioether (sulfide) groups is 1. The number of hydrogen-bond donors (Lipinski definition) is 1. The summed E-state index contributed by atoms with van der Waals surface area (Å²) >= 11 is 2.23. The molecule has 96 valence electrons. The van der Waals surface area contributed by atoms with Gasteiger partial charge in [0.2, 0.25) is 0 Å². The minimum Gasteiger partial charge on any atom is -0.314 e. The first-order chi connectivity index (χ1) is 7.79. The molecule has 1 N–H and O–H groups in total.